The largest absolute Gasteiger partial charge is 0.701 e. The van der Waals surface area contributed by atoms with Crippen molar-refractivity contribution in [3.05, 3.63) is 63.6 Å². The molecular weight excluding hydrogens is 433 g/mol. The Balaban J connectivity index is 1.93. The first-order valence-electron chi connectivity index (χ1n) is 7.55. The van der Waals surface area contributed by atoms with Crippen LogP contribution in [0.3, 0.4) is 0 Å². The van der Waals surface area contributed by atoms with Gasteiger partial charge in [-0.15, -0.1) is 4.89 Å². The van der Waals surface area contributed by atoms with E-state index in [0.717, 1.165) is 17.4 Å². The van der Waals surface area contributed by atoms with Gasteiger partial charge in [0.2, 0.25) is 0 Å². The number of ether oxygens (including phenoxy) is 2. The minimum atomic E-state index is -3.87. The lowest BCUT2D eigenvalue weighted by atomic mass is 10.1. The molecule has 0 aliphatic carbocycles. The molecule has 5 nitrogen and oxygen atoms in total. The maximum absolute atomic E-state index is 13.7. The van der Waals surface area contributed by atoms with E-state index in [1.165, 1.54) is 12.1 Å². The normalized spacial score (nSPS) is 12.1. The average molecular weight is 450 g/mol. The zero-order chi connectivity index (χ0) is 19.2. The van der Waals surface area contributed by atoms with E-state index in [1.807, 2.05) is 24.3 Å². The highest BCUT2D eigenvalue weighted by atomic mass is 79.9. The zero-order valence-electron chi connectivity index (χ0n) is 13.8. The molecule has 2 aromatic rings. The molecule has 1 unspecified atom stereocenters. The first kappa shape index (κ1) is 20.9. The molecule has 0 radical (unpaired) electrons. The summed E-state index contributed by atoms with van der Waals surface area (Å²) in [7, 11) is -1.82. The summed E-state index contributed by atoms with van der Waals surface area (Å²) >= 11 is 3.03. The summed E-state index contributed by atoms with van der Waals surface area (Å²) < 4.78 is 52.6. The fraction of sp³-hybridized carbons (Fsp3) is 0.294. The summed E-state index contributed by atoms with van der Waals surface area (Å²) in [6.07, 6.45) is -3.22. The summed E-state index contributed by atoms with van der Waals surface area (Å²) in [5, 5.41) is 0. The van der Waals surface area contributed by atoms with Crippen LogP contribution in [-0.2, 0) is 33.0 Å². The number of benzene rings is 2. The average Bonchev–Trinajstić information content (AvgIpc) is 2.57. The molecule has 0 heterocycles. The Labute approximate surface area is 159 Å². The Morgan fingerprint density at radius 1 is 1.23 bits per heavy atom. The Hall–Kier alpha value is -1.44. The number of rotatable bonds is 9. The van der Waals surface area contributed by atoms with E-state index >= 15 is 0 Å². The second-order valence-corrected chi connectivity index (χ2v) is 6.79. The lowest BCUT2D eigenvalue weighted by Gasteiger charge is -2.13. The number of para-hydroxylation sites is 1. The van der Waals surface area contributed by atoms with Crippen LogP contribution in [-0.4, -0.2) is 18.6 Å². The van der Waals surface area contributed by atoms with Crippen LogP contribution in [0, 0.1) is 0 Å². The molecule has 0 fully saturated rings. The molecule has 0 saturated heterocycles. The Kier molecular flexibility index (Phi) is 7.61. The Bertz CT molecular complexity index is 773. The number of hydrogen-bond donors (Lipinski definition) is 1. The second-order valence-electron chi connectivity index (χ2n) is 5.27. The van der Waals surface area contributed by atoms with Crippen LogP contribution in [0.2, 0.25) is 0 Å². The van der Waals surface area contributed by atoms with Crippen molar-refractivity contribution < 1.29 is 32.2 Å². The summed E-state index contributed by atoms with van der Waals surface area (Å²) in [6, 6.07) is 11.6. The van der Waals surface area contributed by atoms with E-state index in [1.54, 1.807) is 7.11 Å². The van der Waals surface area contributed by atoms with Crippen LogP contribution in [0.5, 0.6) is 5.75 Å². The molecule has 2 aromatic carbocycles. The summed E-state index contributed by atoms with van der Waals surface area (Å²) in [4.78, 5) is 8.53. The topological polar surface area (TPSA) is 65.0 Å². The molecule has 0 spiro atoms. The SMILES string of the molecule is COc1ccccc1CCOCc1ccc(C(F)(F)O[P+](=O)O)c(Br)c1. The molecule has 1 atom stereocenters. The van der Waals surface area contributed by atoms with Crippen molar-refractivity contribution in [3.8, 4) is 5.75 Å². The molecule has 0 aromatic heterocycles. The third kappa shape index (κ3) is 5.79. The quantitative estimate of drug-likeness (QED) is 0.434. The van der Waals surface area contributed by atoms with Gasteiger partial charge in [0.05, 0.1) is 25.9 Å². The minimum Gasteiger partial charge on any atom is -0.496 e. The van der Waals surface area contributed by atoms with Crippen molar-refractivity contribution in [2.24, 2.45) is 0 Å². The highest BCUT2D eigenvalue weighted by Gasteiger charge is 2.44. The fourth-order valence-electron chi connectivity index (χ4n) is 2.31. The van der Waals surface area contributed by atoms with Gasteiger partial charge in [0.25, 0.3) is 0 Å². The van der Waals surface area contributed by atoms with Crippen molar-refractivity contribution in [2.45, 2.75) is 19.1 Å². The lowest BCUT2D eigenvalue weighted by molar-refractivity contribution is -0.186. The fourth-order valence-corrected chi connectivity index (χ4v) is 3.26. The summed E-state index contributed by atoms with van der Waals surface area (Å²) in [5.41, 5.74) is 1.15. The van der Waals surface area contributed by atoms with Crippen molar-refractivity contribution in [3.63, 3.8) is 0 Å². The molecule has 0 saturated carbocycles. The second kappa shape index (κ2) is 9.48. The van der Waals surface area contributed by atoms with Gasteiger partial charge in [0.1, 0.15) is 5.75 Å². The molecule has 0 bridgehead atoms. The highest BCUT2D eigenvalue weighted by Crippen LogP contribution is 2.40. The maximum atomic E-state index is 13.7. The van der Waals surface area contributed by atoms with Gasteiger partial charge in [-0.2, -0.15) is 8.78 Å². The van der Waals surface area contributed by atoms with E-state index in [-0.39, 0.29) is 11.1 Å². The van der Waals surface area contributed by atoms with Crippen LogP contribution in [0.1, 0.15) is 16.7 Å². The summed E-state index contributed by atoms with van der Waals surface area (Å²) in [5.74, 6) is 0.785. The molecule has 0 aliphatic heterocycles. The van der Waals surface area contributed by atoms with Crippen LogP contribution in [0.4, 0.5) is 8.78 Å². The summed E-state index contributed by atoms with van der Waals surface area (Å²) in [6.45, 7) is 0.665. The number of hydrogen-bond acceptors (Lipinski definition) is 4. The van der Waals surface area contributed by atoms with Gasteiger partial charge in [-0.1, -0.05) is 40.2 Å². The Morgan fingerprint density at radius 2 is 1.96 bits per heavy atom. The third-order valence-corrected chi connectivity index (χ3v) is 4.56. The van der Waals surface area contributed by atoms with Crippen LogP contribution in [0.15, 0.2) is 46.9 Å². The van der Waals surface area contributed by atoms with Crippen molar-refractivity contribution >= 4 is 24.2 Å². The smallest absolute Gasteiger partial charge is 0.496 e. The van der Waals surface area contributed by atoms with Crippen LogP contribution < -0.4 is 4.74 Å². The van der Waals surface area contributed by atoms with Gasteiger partial charge in [-0.05, 0) is 40.3 Å². The molecule has 0 amide bonds. The van der Waals surface area contributed by atoms with Gasteiger partial charge < -0.3 is 9.47 Å². The molecule has 0 aliphatic rings. The van der Waals surface area contributed by atoms with Crippen LogP contribution >= 0.6 is 24.2 Å². The van der Waals surface area contributed by atoms with Gasteiger partial charge in [0, 0.05) is 9.04 Å². The van der Waals surface area contributed by atoms with E-state index < -0.39 is 19.9 Å². The number of halogens is 3. The van der Waals surface area contributed by atoms with Crippen molar-refractivity contribution in [1.29, 1.82) is 0 Å². The monoisotopic (exact) mass is 449 g/mol. The van der Waals surface area contributed by atoms with E-state index in [0.29, 0.717) is 18.6 Å². The molecule has 140 valence electrons. The third-order valence-electron chi connectivity index (χ3n) is 3.52. The van der Waals surface area contributed by atoms with E-state index in [2.05, 4.69) is 20.5 Å². The highest BCUT2D eigenvalue weighted by molar-refractivity contribution is 9.10. The zero-order valence-corrected chi connectivity index (χ0v) is 16.3. The van der Waals surface area contributed by atoms with Gasteiger partial charge in [0.15, 0.2) is 0 Å². The predicted molar refractivity (Wildman–Crippen MR) is 95.3 cm³/mol. The number of alkyl halides is 2. The first-order chi connectivity index (χ1) is 12.3. The lowest BCUT2D eigenvalue weighted by Crippen LogP contribution is -2.15. The van der Waals surface area contributed by atoms with E-state index in [4.69, 9.17) is 14.4 Å². The van der Waals surface area contributed by atoms with Gasteiger partial charge >= 0.3 is 14.4 Å². The Morgan fingerprint density at radius 3 is 2.62 bits per heavy atom. The maximum Gasteiger partial charge on any atom is 0.701 e. The van der Waals surface area contributed by atoms with Gasteiger partial charge in [-0.3, -0.25) is 0 Å². The minimum absolute atomic E-state index is 0.0604. The van der Waals surface area contributed by atoms with Gasteiger partial charge in [-0.25, -0.2) is 0 Å². The molecule has 9 heteroatoms. The molecule has 1 N–H and O–H groups in total. The van der Waals surface area contributed by atoms with E-state index in [9.17, 15) is 13.3 Å². The molecule has 26 heavy (non-hydrogen) atoms. The molecule has 2 rings (SSSR count). The first-order valence-corrected chi connectivity index (χ1v) is 9.47. The molecular formula is C17H17BrF2O5P+. The predicted octanol–water partition coefficient (Wildman–Crippen LogP) is 4.93. The standard InChI is InChI=1S/C17H16BrF2O5P/c1-23-16-5-3-2-4-13(16)8-9-24-11-12-6-7-14(15(18)10-12)17(19,20)25-26(21)22/h2-7,10H,8-9,11H2,1H3/p+1. The van der Waals surface area contributed by atoms with Crippen molar-refractivity contribution in [2.75, 3.05) is 13.7 Å². The van der Waals surface area contributed by atoms with Crippen LogP contribution in [0.25, 0.3) is 0 Å². The van der Waals surface area contributed by atoms with Crippen molar-refractivity contribution in [1.82, 2.24) is 0 Å². The number of methoxy groups -OCH3 is 1.